The average molecular weight is 264 g/mol. The maximum atomic E-state index is 9.58. The van der Waals surface area contributed by atoms with Gasteiger partial charge in [-0.3, -0.25) is 0 Å². The van der Waals surface area contributed by atoms with Crippen molar-refractivity contribution in [2.45, 2.75) is 57.5 Å². The third kappa shape index (κ3) is 2.30. The van der Waals surface area contributed by atoms with E-state index in [1.54, 1.807) is 0 Å². The van der Waals surface area contributed by atoms with Crippen LogP contribution in [0, 0.1) is 0 Å². The molecule has 0 saturated carbocycles. The summed E-state index contributed by atoms with van der Waals surface area (Å²) in [5.74, 6) is 2.66. The van der Waals surface area contributed by atoms with Gasteiger partial charge < -0.3 is 14.6 Å². The normalized spacial score (nSPS) is 28.0. The highest BCUT2D eigenvalue weighted by Crippen LogP contribution is 2.32. The standard InChI is InChI=1S/C14H24N4O/c1-10(2)17-7-6-11(8-17)14-16-15-13-5-3-4-12(9-19)18(13)14/h10-12,19H,3-9H2,1-2H3. The Kier molecular flexibility index (Phi) is 3.58. The third-order valence-corrected chi connectivity index (χ3v) is 4.62. The average Bonchev–Trinajstić information content (AvgIpc) is 3.04. The zero-order chi connectivity index (χ0) is 13.4. The Hall–Kier alpha value is -0.940. The minimum Gasteiger partial charge on any atom is -0.394 e. The predicted octanol–water partition coefficient (Wildman–Crippen LogP) is 1.35. The number of aryl methyl sites for hydroxylation is 1. The van der Waals surface area contributed by atoms with Crippen LogP contribution in [0.5, 0.6) is 0 Å². The molecule has 5 nitrogen and oxygen atoms in total. The molecule has 106 valence electrons. The Morgan fingerprint density at radius 3 is 2.84 bits per heavy atom. The number of likely N-dealkylation sites (tertiary alicyclic amines) is 1. The molecule has 1 aromatic heterocycles. The molecule has 1 aromatic rings. The molecule has 3 rings (SSSR count). The highest BCUT2D eigenvalue weighted by molar-refractivity contribution is 5.09. The fraction of sp³-hybridized carbons (Fsp3) is 0.857. The van der Waals surface area contributed by atoms with Crippen molar-refractivity contribution in [3.8, 4) is 0 Å². The summed E-state index contributed by atoms with van der Waals surface area (Å²) in [6.45, 7) is 6.93. The van der Waals surface area contributed by atoms with Gasteiger partial charge in [-0.05, 0) is 39.7 Å². The van der Waals surface area contributed by atoms with Gasteiger partial charge in [0.05, 0.1) is 12.6 Å². The topological polar surface area (TPSA) is 54.2 Å². The second-order valence-corrected chi connectivity index (χ2v) is 6.15. The van der Waals surface area contributed by atoms with E-state index in [1.807, 2.05) is 0 Å². The Balaban J connectivity index is 1.84. The molecule has 1 N–H and O–H groups in total. The van der Waals surface area contributed by atoms with E-state index in [0.717, 1.165) is 50.4 Å². The molecule has 5 heteroatoms. The molecular formula is C14H24N4O. The van der Waals surface area contributed by atoms with Crippen LogP contribution in [-0.4, -0.2) is 50.5 Å². The van der Waals surface area contributed by atoms with Crippen LogP contribution in [0.25, 0.3) is 0 Å². The number of aromatic nitrogens is 3. The van der Waals surface area contributed by atoms with Crippen molar-refractivity contribution in [3.63, 3.8) is 0 Å². The molecule has 2 unspecified atom stereocenters. The van der Waals surface area contributed by atoms with Crippen LogP contribution in [0.2, 0.25) is 0 Å². The molecule has 1 saturated heterocycles. The second kappa shape index (κ2) is 5.21. The van der Waals surface area contributed by atoms with E-state index >= 15 is 0 Å². The number of nitrogens with zero attached hydrogens (tertiary/aromatic N) is 4. The SMILES string of the molecule is CC(C)N1CCC(c2nnc3n2C(CO)CCC3)C1. The number of rotatable bonds is 3. The lowest BCUT2D eigenvalue weighted by atomic mass is 10.0. The van der Waals surface area contributed by atoms with E-state index in [-0.39, 0.29) is 12.6 Å². The van der Waals surface area contributed by atoms with Gasteiger partial charge in [0.15, 0.2) is 0 Å². The fourth-order valence-electron chi connectivity index (χ4n) is 3.45. The van der Waals surface area contributed by atoms with Gasteiger partial charge in [0, 0.05) is 24.9 Å². The summed E-state index contributed by atoms with van der Waals surface area (Å²) < 4.78 is 2.23. The Morgan fingerprint density at radius 2 is 2.16 bits per heavy atom. The number of fused-ring (bicyclic) bond motifs is 1. The maximum Gasteiger partial charge on any atom is 0.137 e. The quantitative estimate of drug-likeness (QED) is 0.895. The largest absolute Gasteiger partial charge is 0.394 e. The summed E-state index contributed by atoms with van der Waals surface area (Å²) in [6.07, 6.45) is 4.33. The van der Waals surface area contributed by atoms with E-state index in [4.69, 9.17) is 0 Å². The lowest BCUT2D eigenvalue weighted by Gasteiger charge is -2.26. The lowest BCUT2D eigenvalue weighted by Crippen LogP contribution is -2.29. The second-order valence-electron chi connectivity index (χ2n) is 6.15. The van der Waals surface area contributed by atoms with E-state index in [1.165, 1.54) is 0 Å². The minimum atomic E-state index is 0.196. The van der Waals surface area contributed by atoms with E-state index < -0.39 is 0 Å². The molecule has 2 aliphatic rings. The first kappa shape index (κ1) is 13.1. The number of hydrogen-bond acceptors (Lipinski definition) is 4. The molecule has 0 radical (unpaired) electrons. The molecule has 2 atom stereocenters. The van der Waals surface area contributed by atoms with Crippen LogP contribution in [0.3, 0.4) is 0 Å². The van der Waals surface area contributed by atoms with Crippen molar-refractivity contribution in [1.29, 1.82) is 0 Å². The van der Waals surface area contributed by atoms with Gasteiger partial charge in [0.2, 0.25) is 0 Å². The molecule has 0 aliphatic carbocycles. The van der Waals surface area contributed by atoms with Crippen molar-refractivity contribution in [1.82, 2.24) is 19.7 Å². The van der Waals surface area contributed by atoms with Crippen molar-refractivity contribution in [3.05, 3.63) is 11.6 Å². The van der Waals surface area contributed by atoms with Gasteiger partial charge in [-0.25, -0.2) is 0 Å². The molecule has 2 aliphatic heterocycles. The number of aliphatic hydroxyl groups excluding tert-OH is 1. The van der Waals surface area contributed by atoms with Crippen LogP contribution in [0.15, 0.2) is 0 Å². The molecule has 0 amide bonds. The number of hydrogen-bond donors (Lipinski definition) is 1. The first-order chi connectivity index (χ1) is 9.20. The van der Waals surface area contributed by atoms with E-state index in [0.29, 0.717) is 12.0 Å². The molecule has 19 heavy (non-hydrogen) atoms. The summed E-state index contributed by atoms with van der Waals surface area (Å²) in [5.41, 5.74) is 0. The van der Waals surface area contributed by atoms with Gasteiger partial charge in [-0.2, -0.15) is 0 Å². The summed E-state index contributed by atoms with van der Waals surface area (Å²) in [4.78, 5) is 2.50. The predicted molar refractivity (Wildman–Crippen MR) is 73.1 cm³/mol. The summed E-state index contributed by atoms with van der Waals surface area (Å²) in [6, 6.07) is 0.796. The van der Waals surface area contributed by atoms with Crippen molar-refractivity contribution < 1.29 is 5.11 Å². The molecule has 0 bridgehead atoms. The van der Waals surface area contributed by atoms with Crippen LogP contribution in [-0.2, 0) is 6.42 Å². The molecular weight excluding hydrogens is 240 g/mol. The first-order valence-electron chi connectivity index (χ1n) is 7.49. The first-order valence-corrected chi connectivity index (χ1v) is 7.49. The van der Waals surface area contributed by atoms with Gasteiger partial charge in [-0.15, -0.1) is 10.2 Å². The molecule has 0 spiro atoms. The Bertz CT molecular complexity index is 443. The van der Waals surface area contributed by atoms with Crippen molar-refractivity contribution >= 4 is 0 Å². The fourth-order valence-corrected chi connectivity index (χ4v) is 3.45. The summed E-state index contributed by atoms with van der Waals surface area (Å²) in [5, 5.41) is 18.4. The third-order valence-electron chi connectivity index (χ3n) is 4.62. The zero-order valence-corrected chi connectivity index (χ0v) is 11.9. The van der Waals surface area contributed by atoms with E-state index in [9.17, 15) is 5.11 Å². The van der Waals surface area contributed by atoms with Gasteiger partial charge >= 0.3 is 0 Å². The lowest BCUT2D eigenvalue weighted by molar-refractivity contribution is 0.201. The van der Waals surface area contributed by atoms with Crippen LogP contribution < -0.4 is 0 Å². The highest BCUT2D eigenvalue weighted by atomic mass is 16.3. The summed E-state index contributed by atoms with van der Waals surface area (Å²) in [7, 11) is 0. The Morgan fingerprint density at radius 1 is 1.32 bits per heavy atom. The van der Waals surface area contributed by atoms with Crippen molar-refractivity contribution in [2.75, 3.05) is 19.7 Å². The van der Waals surface area contributed by atoms with Gasteiger partial charge in [0.25, 0.3) is 0 Å². The molecule has 3 heterocycles. The summed E-state index contributed by atoms with van der Waals surface area (Å²) >= 11 is 0. The minimum absolute atomic E-state index is 0.196. The Labute approximate surface area is 114 Å². The molecule has 0 aromatic carbocycles. The van der Waals surface area contributed by atoms with Gasteiger partial charge in [-0.1, -0.05) is 0 Å². The van der Waals surface area contributed by atoms with Crippen LogP contribution >= 0.6 is 0 Å². The molecule has 1 fully saturated rings. The van der Waals surface area contributed by atoms with Gasteiger partial charge in [0.1, 0.15) is 11.6 Å². The number of aliphatic hydroxyl groups is 1. The van der Waals surface area contributed by atoms with E-state index in [2.05, 4.69) is 33.5 Å². The zero-order valence-electron chi connectivity index (χ0n) is 11.9. The van der Waals surface area contributed by atoms with Crippen molar-refractivity contribution in [2.24, 2.45) is 0 Å². The maximum absolute atomic E-state index is 9.58. The van der Waals surface area contributed by atoms with Crippen LogP contribution in [0.4, 0.5) is 0 Å². The highest BCUT2D eigenvalue weighted by Gasteiger charge is 2.32. The monoisotopic (exact) mass is 264 g/mol. The smallest absolute Gasteiger partial charge is 0.137 e. The van der Waals surface area contributed by atoms with Crippen LogP contribution in [0.1, 0.15) is 56.7 Å².